The average molecular weight is 555 g/mol. The van der Waals surface area contributed by atoms with Crippen LogP contribution in [0.5, 0.6) is 0 Å². The van der Waals surface area contributed by atoms with Crippen molar-refractivity contribution in [2.24, 2.45) is 0 Å². The first-order valence-electron chi connectivity index (χ1n) is 10.3. The number of halogens is 1. The van der Waals surface area contributed by atoms with Crippen molar-refractivity contribution in [2.75, 3.05) is 4.90 Å². The Morgan fingerprint density at radius 3 is 2.44 bits per heavy atom. The molecular weight excluding hydrogens is 533 g/mol. The molecule has 5 nitrogen and oxygen atoms in total. The highest BCUT2D eigenvalue weighted by molar-refractivity contribution is 14.1. The summed E-state index contributed by atoms with van der Waals surface area (Å²) in [5.74, 6) is -0.900. The number of amides is 2. The highest BCUT2D eigenvalue weighted by atomic mass is 127. The van der Waals surface area contributed by atoms with Gasteiger partial charge in [0.05, 0.1) is 5.69 Å². The van der Waals surface area contributed by atoms with Gasteiger partial charge in [-0.15, -0.1) is 0 Å². The quantitative estimate of drug-likeness (QED) is 0.211. The molecule has 162 valence electrons. The number of hydrogen-bond donors (Lipinski definition) is 1. The molecule has 0 bridgehead atoms. The van der Waals surface area contributed by atoms with Crippen LogP contribution in [0, 0.1) is 17.4 Å². The minimum Gasteiger partial charge on any atom is -0.318 e. The van der Waals surface area contributed by atoms with E-state index in [-0.39, 0.29) is 10.7 Å². The molecule has 1 fully saturated rings. The molecule has 0 atom stereocenters. The van der Waals surface area contributed by atoms with Crippen LogP contribution in [-0.4, -0.2) is 21.5 Å². The van der Waals surface area contributed by atoms with Crippen LogP contribution < -0.4 is 10.2 Å². The molecule has 3 aromatic rings. The summed E-state index contributed by atoms with van der Waals surface area (Å²) in [7, 11) is 0. The number of carbonyl (C=O) groups is 2. The number of aryl methyl sites for hydroxylation is 2. The van der Waals surface area contributed by atoms with Crippen LogP contribution in [0.1, 0.15) is 29.4 Å². The maximum absolute atomic E-state index is 13.4. The number of aromatic nitrogens is 1. The standard InChI is InChI=1S/C25H22IN3O2S/c1-4-17-7-5-6-8-22(17)29-24(31)21(23(30)27-25(29)32)14-18-13-15(2)28(16(18)3)20-11-9-19(26)10-12-20/h5-14H,4H2,1-3H3,(H,27,30,32)/b21-14+. The lowest BCUT2D eigenvalue weighted by molar-refractivity contribution is -0.122. The molecule has 1 aliphatic rings. The number of para-hydroxylation sites is 1. The predicted octanol–water partition coefficient (Wildman–Crippen LogP) is 5.09. The lowest BCUT2D eigenvalue weighted by atomic mass is 10.0. The highest BCUT2D eigenvalue weighted by Gasteiger charge is 2.35. The second-order valence-electron chi connectivity index (χ2n) is 7.58. The number of nitrogens with zero attached hydrogens (tertiary/aromatic N) is 2. The monoisotopic (exact) mass is 555 g/mol. The van der Waals surface area contributed by atoms with Crippen LogP contribution in [0.4, 0.5) is 5.69 Å². The van der Waals surface area contributed by atoms with Gasteiger partial charge in [-0.25, -0.2) is 0 Å². The van der Waals surface area contributed by atoms with E-state index in [1.807, 2.05) is 51.1 Å². The van der Waals surface area contributed by atoms with E-state index in [2.05, 4.69) is 56.7 Å². The molecule has 32 heavy (non-hydrogen) atoms. The Kier molecular flexibility index (Phi) is 6.30. The normalized spacial score (nSPS) is 15.4. The number of rotatable bonds is 4. The third-order valence-electron chi connectivity index (χ3n) is 5.57. The molecule has 0 saturated carbocycles. The van der Waals surface area contributed by atoms with Gasteiger partial charge in [-0.05, 0) is 109 Å². The van der Waals surface area contributed by atoms with Gasteiger partial charge in [0.2, 0.25) is 0 Å². The topological polar surface area (TPSA) is 54.3 Å². The van der Waals surface area contributed by atoms with Gasteiger partial charge < -0.3 is 4.57 Å². The zero-order chi connectivity index (χ0) is 23.0. The van der Waals surface area contributed by atoms with E-state index in [9.17, 15) is 9.59 Å². The molecule has 0 unspecified atom stereocenters. The summed E-state index contributed by atoms with van der Waals surface area (Å²) in [6, 6.07) is 17.8. The summed E-state index contributed by atoms with van der Waals surface area (Å²) in [5.41, 5.74) is 5.55. The fourth-order valence-electron chi connectivity index (χ4n) is 3.98. The van der Waals surface area contributed by atoms with Crippen LogP contribution in [0.15, 0.2) is 60.2 Å². The number of thiocarbonyl (C=S) groups is 1. The number of hydrogen-bond acceptors (Lipinski definition) is 3. The van der Waals surface area contributed by atoms with E-state index in [0.29, 0.717) is 5.69 Å². The SMILES string of the molecule is CCc1ccccc1N1C(=O)/C(=C/c2cc(C)n(-c3ccc(I)cc3)c2C)C(=O)NC1=S. The number of benzene rings is 2. The summed E-state index contributed by atoms with van der Waals surface area (Å²) < 4.78 is 3.27. The van der Waals surface area contributed by atoms with Gasteiger partial charge >= 0.3 is 0 Å². The first-order chi connectivity index (χ1) is 15.3. The summed E-state index contributed by atoms with van der Waals surface area (Å²) >= 11 is 7.63. The fraction of sp³-hybridized carbons (Fsp3) is 0.160. The zero-order valence-electron chi connectivity index (χ0n) is 18.0. The molecule has 2 heterocycles. The first-order valence-corrected chi connectivity index (χ1v) is 11.7. The van der Waals surface area contributed by atoms with Crippen LogP contribution in [0.3, 0.4) is 0 Å². The van der Waals surface area contributed by atoms with Crippen molar-refractivity contribution < 1.29 is 9.59 Å². The van der Waals surface area contributed by atoms with E-state index < -0.39 is 11.8 Å². The third-order valence-corrected chi connectivity index (χ3v) is 6.57. The first kappa shape index (κ1) is 22.4. The number of nitrogens with one attached hydrogen (secondary N) is 1. The van der Waals surface area contributed by atoms with E-state index in [0.717, 1.165) is 38.2 Å². The van der Waals surface area contributed by atoms with Crippen molar-refractivity contribution in [3.63, 3.8) is 0 Å². The minimum atomic E-state index is -0.482. The van der Waals surface area contributed by atoms with Gasteiger partial charge in [0.1, 0.15) is 5.57 Å². The van der Waals surface area contributed by atoms with Crippen molar-refractivity contribution in [1.82, 2.24) is 9.88 Å². The Hall–Kier alpha value is -2.78. The second kappa shape index (κ2) is 8.99. The largest absolute Gasteiger partial charge is 0.318 e. The lowest BCUT2D eigenvalue weighted by Crippen LogP contribution is -2.54. The molecule has 1 N–H and O–H groups in total. The van der Waals surface area contributed by atoms with E-state index in [1.54, 1.807) is 6.08 Å². The lowest BCUT2D eigenvalue weighted by Gasteiger charge is -2.30. The molecule has 0 radical (unpaired) electrons. The third kappa shape index (κ3) is 4.02. The molecule has 1 aromatic heterocycles. The molecule has 1 saturated heterocycles. The molecule has 0 aliphatic carbocycles. The molecule has 4 rings (SSSR count). The Labute approximate surface area is 206 Å². The maximum Gasteiger partial charge on any atom is 0.270 e. The van der Waals surface area contributed by atoms with Crippen molar-refractivity contribution in [2.45, 2.75) is 27.2 Å². The Balaban J connectivity index is 1.77. The summed E-state index contributed by atoms with van der Waals surface area (Å²) in [5, 5.41) is 2.78. The van der Waals surface area contributed by atoms with Gasteiger partial charge in [0, 0.05) is 20.6 Å². The Morgan fingerprint density at radius 1 is 1.06 bits per heavy atom. The Morgan fingerprint density at radius 2 is 1.75 bits per heavy atom. The summed E-state index contributed by atoms with van der Waals surface area (Å²) in [4.78, 5) is 27.6. The molecule has 2 aromatic carbocycles. The summed E-state index contributed by atoms with van der Waals surface area (Å²) in [6.45, 7) is 6.01. The van der Waals surface area contributed by atoms with Crippen molar-refractivity contribution in [3.8, 4) is 5.69 Å². The number of anilines is 1. The molecule has 0 spiro atoms. The van der Waals surface area contributed by atoms with E-state index >= 15 is 0 Å². The molecule has 1 aliphatic heterocycles. The second-order valence-corrected chi connectivity index (χ2v) is 9.21. The van der Waals surface area contributed by atoms with Crippen LogP contribution in [-0.2, 0) is 16.0 Å². The van der Waals surface area contributed by atoms with Crippen LogP contribution in [0.25, 0.3) is 11.8 Å². The van der Waals surface area contributed by atoms with Crippen LogP contribution >= 0.6 is 34.8 Å². The minimum absolute atomic E-state index is 0.0624. The predicted molar refractivity (Wildman–Crippen MR) is 140 cm³/mol. The Bertz CT molecular complexity index is 1270. The van der Waals surface area contributed by atoms with Gasteiger partial charge in [0.15, 0.2) is 5.11 Å². The van der Waals surface area contributed by atoms with Gasteiger partial charge in [0.25, 0.3) is 11.8 Å². The fourth-order valence-corrected chi connectivity index (χ4v) is 4.61. The van der Waals surface area contributed by atoms with Gasteiger partial charge in [-0.2, -0.15) is 0 Å². The maximum atomic E-state index is 13.4. The van der Waals surface area contributed by atoms with E-state index in [4.69, 9.17) is 12.2 Å². The molecular formula is C25H22IN3O2S. The van der Waals surface area contributed by atoms with Crippen LogP contribution in [0.2, 0.25) is 0 Å². The van der Waals surface area contributed by atoms with Crippen molar-refractivity contribution in [3.05, 3.63) is 86.3 Å². The van der Waals surface area contributed by atoms with Crippen molar-refractivity contribution in [1.29, 1.82) is 0 Å². The van der Waals surface area contributed by atoms with Crippen molar-refractivity contribution >= 4 is 63.5 Å². The van der Waals surface area contributed by atoms with Gasteiger partial charge in [-0.3, -0.25) is 19.8 Å². The highest BCUT2D eigenvalue weighted by Crippen LogP contribution is 2.28. The van der Waals surface area contributed by atoms with E-state index in [1.165, 1.54) is 4.90 Å². The zero-order valence-corrected chi connectivity index (χ0v) is 21.0. The molecule has 2 amide bonds. The van der Waals surface area contributed by atoms with Gasteiger partial charge in [-0.1, -0.05) is 25.1 Å². The number of carbonyl (C=O) groups excluding carboxylic acids is 2. The average Bonchev–Trinajstić information content (AvgIpc) is 3.05. The molecule has 7 heteroatoms. The smallest absolute Gasteiger partial charge is 0.270 e. The summed E-state index contributed by atoms with van der Waals surface area (Å²) in [6.07, 6.45) is 2.40.